The van der Waals surface area contributed by atoms with Crippen molar-refractivity contribution >= 4 is 23.5 Å². The van der Waals surface area contributed by atoms with Crippen LogP contribution in [0.3, 0.4) is 0 Å². The van der Waals surface area contributed by atoms with E-state index in [4.69, 9.17) is 9.47 Å². The fourth-order valence-electron chi connectivity index (χ4n) is 2.38. The monoisotopic (exact) mass is 412 g/mol. The highest BCUT2D eigenvalue weighted by Crippen LogP contribution is 2.16. The Balaban J connectivity index is 1.87. The molecule has 1 unspecified atom stereocenters. The second kappa shape index (κ2) is 9.91. The lowest BCUT2D eigenvalue weighted by molar-refractivity contribution is -0.149. The Morgan fingerprint density at radius 1 is 0.967 bits per heavy atom. The number of hydrogen-bond acceptors (Lipinski definition) is 5. The molecule has 2 N–H and O–H groups in total. The third-order valence-corrected chi connectivity index (χ3v) is 4.33. The summed E-state index contributed by atoms with van der Waals surface area (Å²) in [7, 11) is 1.58. The number of esters is 1. The molecule has 2 aromatic rings. The molecule has 2 rings (SSSR count). The van der Waals surface area contributed by atoms with Crippen molar-refractivity contribution in [1.82, 2.24) is 5.32 Å². The number of anilines is 1. The summed E-state index contributed by atoms with van der Waals surface area (Å²) in [5.41, 5.74) is 1.28. The van der Waals surface area contributed by atoms with Gasteiger partial charge in [-0.3, -0.25) is 9.59 Å². The maximum atomic E-state index is 12.4. The second-order valence-corrected chi connectivity index (χ2v) is 7.93. The molecule has 0 saturated heterocycles. The molecule has 2 amide bonds. The summed E-state index contributed by atoms with van der Waals surface area (Å²) in [4.78, 5) is 36.4. The lowest BCUT2D eigenvalue weighted by Crippen LogP contribution is -2.44. The minimum absolute atomic E-state index is 0.0505. The maximum Gasteiger partial charge on any atom is 0.328 e. The van der Waals surface area contributed by atoms with E-state index in [1.807, 2.05) is 0 Å². The molecule has 30 heavy (non-hydrogen) atoms. The Morgan fingerprint density at radius 2 is 1.57 bits per heavy atom. The van der Waals surface area contributed by atoms with Crippen LogP contribution in [0.15, 0.2) is 48.5 Å². The number of carbonyl (C=O) groups excluding carboxylic acids is 3. The van der Waals surface area contributed by atoms with Gasteiger partial charge in [-0.05, 0) is 48.9 Å². The standard InChI is InChI=1S/C23H28N2O5/c1-15(24-22(28)23(2,3)4)21(27)30-14-16-6-8-17(9-7-16)20(26)25-18-10-12-19(29-5)13-11-18/h6-13,15H,14H2,1-5H3,(H,24,28)(H,25,26). The summed E-state index contributed by atoms with van der Waals surface area (Å²) < 4.78 is 10.3. The van der Waals surface area contributed by atoms with Crippen LogP contribution in [-0.4, -0.2) is 30.9 Å². The van der Waals surface area contributed by atoms with Gasteiger partial charge in [0.05, 0.1) is 7.11 Å². The number of rotatable bonds is 7. The van der Waals surface area contributed by atoms with E-state index < -0.39 is 17.4 Å². The molecular formula is C23H28N2O5. The van der Waals surface area contributed by atoms with Crippen molar-refractivity contribution in [3.8, 4) is 5.75 Å². The Morgan fingerprint density at radius 3 is 2.10 bits per heavy atom. The van der Waals surface area contributed by atoms with E-state index in [2.05, 4.69) is 10.6 Å². The zero-order chi connectivity index (χ0) is 22.3. The molecule has 0 saturated carbocycles. The SMILES string of the molecule is COc1ccc(NC(=O)c2ccc(COC(=O)C(C)NC(=O)C(C)(C)C)cc2)cc1. The van der Waals surface area contributed by atoms with Crippen molar-refractivity contribution < 1.29 is 23.9 Å². The lowest BCUT2D eigenvalue weighted by atomic mass is 9.95. The molecule has 0 spiro atoms. The van der Waals surface area contributed by atoms with Crippen molar-refractivity contribution in [2.75, 3.05) is 12.4 Å². The van der Waals surface area contributed by atoms with E-state index in [1.165, 1.54) is 0 Å². The Bertz CT molecular complexity index is 883. The zero-order valence-electron chi connectivity index (χ0n) is 17.9. The smallest absolute Gasteiger partial charge is 0.328 e. The number of carbonyl (C=O) groups is 3. The number of amides is 2. The molecule has 0 aliphatic rings. The van der Waals surface area contributed by atoms with Gasteiger partial charge in [-0.1, -0.05) is 32.9 Å². The summed E-state index contributed by atoms with van der Waals surface area (Å²) in [5.74, 6) is -0.283. The first-order valence-corrected chi connectivity index (χ1v) is 9.62. The fraction of sp³-hybridized carbons (Fsp3) is 0.348. The van der Waals surface area contributed by atoms with Crippen LogP contribution in [0, 0.1) is 5.41 Å². The largest absolute Gasteiger partial charge is 0.497 e. The molecule has 0 radical (unpaired) electrons. The van der Waals surface area contributed by atoms with Crippen molar-refractivity contribution in [2.24, 2.45) is 5.41 Å². The number of hydrogen-bond donors (Lipinski definition) is 2. The molecule has 7 heteroatoms. The molecular weight excluding hydrogens is 384 g/mol. The first-order chi connectivity index (χ1) is 14.1. The molecule has 7 nitrogen and oxygen atoms in total. The number of ether oxygens (including phenoxy) is 2. The highest BCUT2D eigenvalue weighted by atomic mass is 16.5. The van der Waals surface area contributed by atoms with Gasteiger partial charge in [0.15, 0.2) is 0 Å². The van der Waals surface area contributed by atoms with Gasteiger partial charge < -0.3 is 20.1 Å². The average molecular weight is 412 g/mol. The maximum absolute atomic E-state index is 12.4. The molecule has 160 valence electrons. The van der Waals surface area contributed by atoms with Crippen molar-refractivity contribution in [1.29, 1.82) is 0 Å². The highest BCUT2D eigenvalue weighted by molar-refractivity contribution is 6.04. The Labute approximate surface area is 176 Å². The van der Waals surface area contributed by atoms with E-state index in [1.54, 1.807) is 83.3 Å². The topological polar surface area (TPSA) is 93.7 Å². The van der Waals surface area contributed by atoms with Crippen LogP contribution >= 0.6 is 0 Å². The molecule has 0 fully saturated rings. The quantitative estimate of drug-likeness (QED) is 0.679. The summed E-state index contributed by atoms with van der Waals surface area (Å²) in [6, 6.07) is 13.0. The molecule has 0 aromatic heterocycles. The van der Waals surface area contributed by atoms with Gasteiger partial charge in [-0.2, -0.15) is 0 Å². The van der Waals surface area contributed by atoms with Crippen LogP contribution in [-0.2, 0) is 20.9 Å². The molecule has 0 bridgehead atoms. The predicted octanol–water partition coefficient (Wildman–Crippen LogP) is 3.54. The summed E-state index contributed by atoms with van der Waals surface area (Å²) >= 11 is 0. The molecule has 2 aromatic carbocycles. The normalized spacial score (nSPS) is 11.9. The van der Waals surface area contributed by atoms with E-state index in [-0.39, 0.29) is 18.4 Å². The van der Waals surface area contributed by atoms with E-state index in [0.717, 1.165) is 5.56 Å². The molecule has 0 aliphatic carbocycles. The molecule has 0 heterocycles. The van der Waals surface area contributed by atoms with Gasteiger partial charge in [-0.15, -0.1) is 0 Å². The van der Waals surface area contributed by atoms with Crippen molar-refractivity contribution in [3.63, 3.8) is 0 Å². The van der Waals surface area contributed by atoms with Crippen LogP contribution in [0.2, 0.25) is 0 Å². The van der Waals surface area contributed by atoms with Gasteiger partial charge >= 0.3 is 5.97 Å². The minimum Gasteiger partial charge on any atom is -0.497 e. The van der Waals surface area contributed by atoms with Gasteiger partial charge in [0.2, 0.25) is 5.91 Å². The van der Waals surface area contributed by atoms with Gasteiger partial charge in [0, 0.05) is 16.7 Å². The number of benzene rings is 2. The van der Waals surface area contributed by atoms with Gasteiger partial charge in [0.1, 0.15) is 18.4 Å². The van der Waals surface area contributed by atoms with E-state index >= 15 is 0 Å². The van der Waals surface area contributed by atoms with Gasteiger partial charge in [-0.25, -0.2) is 4.79 Å². The van der Waals surface area contributed by atoms with E-state index in [0.29, 0.717) is 17.0 Å². The van der Waals surface area contributed by atoms with Crippen LogP contribution in [0.5, 0.6) is 5.75 Å². The minimum atomic E-state index is -0.744. The fourth-order valence-corrected chi connectivity index (χ4v) is 2.38. The first kappa shape index (κ1) is 22.9. The number of methoxy groups -OCH3 is 1. The lowest BCUT2D eigenvalue weighted by Gasteiger charge is -2.21. The van der Waals surface area contributed by atoms with Crippen molar-refractivity contribution in [3.05, 3.63) is 59.7 Å². The third-order valence-electron chi connectivity index (χ3n) is 4.33. The first-order valence-electron chi connectivity index (χ1n) is 9.62. The van der Waals surface area contributed by atoms with Crippen LogP contribution in [0.1, 0.15) is 43.6 Å². The number of nitrogens with one attached hydrogen (secondary N) is 2. The summed E-state index contributed by atoms with van der Waals surface area (Å²) in [5, 5.41) is 5.44. The summed E-state index contributed by atoms with van der Waals surface area (Å²) in [6.07, 6.45) is 0. The average Bonchev–Trinajstić information content (AvgIpc) is 2.72. The Hall–Kier alpha value is -3.35. The van der Waals surface area contributed by atoms with E-state index in [9.17, 15) is 14.4 Å². The van der Waals surface area contributed by atoms with Gasteiger partial charge in [0.25, 0.3) is 5.91 Å². The van der Waals surface area contributed by atoms with Crippen LogP contribution in [0.25, 0.3) is 0 Å². The molecule has 0 aliphatic heterocycles. The highest BCUT2D eigenvalue weighted by Gasteiger charge is 2.25. The van der Waals surface area contributed by atoms with Crippen LogP contribution in [0.4, 0.5) is 5.69 Å². The Kier molecular flexibility index (Phi) is 7.58. The predicted molar refractivity (Wildman–Crippen MR) is 114 cm³/mol. The summed E-state index contributed by atoms with van der Waals surface area (Å²) in [6.45, 7) is 6.94. The zero-order valence-corrected chi connectivity index (χ0v) is 17.9. The molecule has 1 atom stereocenters. The third kappa shape index (κ3) is 6.62. The second-order valence-electron chi connectivity index (χ2n) is 7.93. The van der Waals surface area contributed by atoms with Crippen LogP contribution < -0.4 is 15.4 Å². The van der Waals surface area contributed by atoms with Crippen molar-refractivity contribution in [2.45, 2.75) is 40.3 Å².